The predicted molar refractivity (Wildman–Crippen MR) is 83.3 cm³/mol. The van der Waals surface area contributed by atoms with Gasteiger partial charge in [0.05, 0.1) is 6.04 Å². The molecule has 0 saturated carbocycles. The molecule has 1 aliphatic heterocycles. The lowest BCUT2D eigenvalue weighted by molar-refractivity contribution is -0.137. The monoisotopic (exact) mass is 278 g/mol. The maximum absolute atomic E-state index is 12.3. The molecule has 1 saturated heterocycles. The molecule has 2 aromatic rings. The number of amides is 1. The number of likely N-dealkylation sites (tertiary alicyclic amines) is 1. The van der Waals surface area contributed by atoms with Gasteiger partial charge in [-0.25, -0.2) is 0 Å². The molecule has 0 unspecified atom stereocenters. The summed E-state index contributed by atoms with van der Waals surface area (Å²) < 4.78 is 0. The molecule has 3 nitrogen and oxygen atoms in total. The Kier molecular flexibility index (Phi) is 3.82. The first-order valence-electron chi connectivity index (χ1n) is 7.19. The molecule has 0 bridgehead atoms. The second kappa shape index (κ2) is 5.92. The minimum absolute atomic E-state index is 0.0609. The summed E-state index contributed by atoms with van der Waals surface area (Å²) in [6.45, 7) is 3.00. The van der Waals surface area contributed by atoms with Gasteiger partial charge in [-0.15, -0.1) is 0 Å². The zero-order valence-corrected chi connectivity index (χ0v) is 12.0. The third-order valence-corrected chi connectivity index (χ3v) is 3.89. The summed E-state index contributed by atoms with van der Waals surface area (Å²) in [5.74, 6) is 0.564. The summed E-state index contributed by atoms with van der Waals surface area (Å²) in [4.78, 5) is 18.3. The van der Waals surface area contributed by atoms with E-state index in [1.807, 2.05) is 41.3 Å². The lowest BCUT2D eigenvalue weighted by Gasteiger charge is -2.46. The molecular weight excluding hydrogens is 260 g/mol. The van der Waals surface area contributed by atoms with Crippen LogP contribution in [0.3, 0.4) is 0 Å². The largest absolute Gasteiger partial charge is 0.331 e. The van der Waals surface area contributed by atoms with Crippen molar-refractivity contribution < 1.29 is 4.79 Å². The van der Waals surface area contributed by atoms with Crippen LogP contribution < -0.4 is 0 Å². The van der Waals surface area contributed by atoms with Gasteiger partial charge in [-0.05, 0) is 29.2 Å². The van der Waals surface area contributed by atoms with Gasteiger partial charge >= 0.3 is 0 Å². The van der Waals surface area contributed by atoms with Gasteiger partial charge in [0, 0.05) is 25.0 Å². The van der Waals surface area contributed by atoms with Gasteiger partial charge in [0.2, 0.25) is 5.91 Å². The van der Waals surface area contributed by atoms with Crippen molar-refractivity contribution in [3.05, 3.63) is 72.1 Å². The predicted octanol–water partition coefficient (Wildman–Crippen LogP) is 3.31. The topological polar surface area (TPSA) is 33.2 Å². The number of aromatic nitrogens is 1. The number of rotatable bonds is 3. The van der Waals surface area contributed by atoms with E-state index in [4.69, 9.17) is 0 Å². The maximum atomic E-state index is 12.3. The SMILES string of the molecule is C[C@H]1CN(C(=O)/C=C/c2cccnc2)[C@H]1c1ccccc1. The zero-order chi connectivity index (χ0) is 14.7. The normalized spacial score (nSPS) is 21.3. The van der Waals surface area contributed by atoms with Crippen molar-refractivity contribution >= 4 is 12.0 Å². The minimum Gasteiger partial charge on any atom is -0.331 e. The van der Waals surface area contributed by atoms with Gasteiger partial charge in [0.25, 0.3) is 0 Å². The molecular formula is C18H18N2O. The highest BCUT2D eigenvalue weighted by atomic mass is 16.2. The van der Waals surface area contributed by atoms with E-state index in [9.17, 15) is 4.79 Å². The van der Waals surface area contributed by atoms with Gasteiger partial charge in [-0.3, -0.25) is 9.78 Å². The van der Waals surface area contributed by atoms with Crippen LogP contribution in [0.15, 0.2) is 60.9 Å². The molecule has 0 N–H and O–H groups in total. The number of hydrogen-bond donors (Lipinski definition) is 0. The molecule has 0 spiro atoms. The Morgan fingerprint density at radius 1 is 1.24 bits per heavy atom. The smallest absolute Gasteiger partial charge is 0.247 e. The van der Waals surface area contributed by atoms with Crippen molar-refractivity contribution in [2.24, 2.45) is 5.92 Å². The fourth-order valence-electron chi connectivity index (χ4n) is 2.82. The zero-order valence-electron chi connectivity index (χ0n) is 12.0. The summed E-state index contributed by atoms with van der Waals surface area (Å²) in [5.41, 5.74) is 2.15. The van der Waals surface area contributed by atoms with Crippen molar-refractivity contribution in [1.29, 1.82) is 0 Å². The molecule has 1 amide bonds. The van der Waals surface area contributed by atoms with E-state index in [1.165, 1.54) is 5.56 Å². The van der Waals surface area contributed by atoms with E-state index in [-0.39, 0.29) is 11.9 Å². The Morgan fingerprint density at radius 2 is 2.05 bits per heavy atom. The van der Waals surface area contributed by atoms with Crippen molar-refractivity contribution in [3.8, 4) is 0 Å². The van der Waals surface area contributed by atoms with Gasteiger partial charge in [0.1, 0.15) is 0 Å². The summed E-state index contributed by atoms with van der Waals surface area (Å²) >= 11 is 0. The maximum Gasteiger partial charge on any atom is 0.247 e. The Bertz CT molecular complexity index is 637. The van der Waals surface area contributed by atoms with Crippen molar-refractivity contribution in [1.82, 2.24) is 9.88 Å². The van der Waals surface area contributed by atoms with Gasteiger partial charge in [0.15, 0.2) is 0 Å². The summed E-state index contributed by atoms with van der Waals surface area (Å²) in [7, 11) is 0. The van der Waals surface area contributed by atoms with E-state index >= 15 is 0 Å². The summed E-state index contributed by atoms with van der Waals surface area (Å²) in [6, 6.07) is 14.2. The Hall–Kier alpha value is -2.42. The Morgan fingerprint density at radius 3 is 2.71 bits per heavy atom. The van der Waals surface area contributed by atoms with Crippen LogP contribution in [0.5, 0.6) is 0 Å². The van der Waals surface area contributed by atoms with Crippen molar-refractivity contribution in [3.63, 3.8) is 0 Å². The Balaban J connectivity index is 1.72. The van der Waals surface area contributed by atoms with Gasteiger partial charge < -0.3 is 4.90 Å². The Labute approximate surface area is 124 Å². The molecule has 1 fully saturated rings. The average Bonchev–Trinajstić information content (AvgIpc) is 2.52. The highest BCUT2D eigenvalue weighted by Crippen LogP contribution is 2.38. The standard InChI is InChI=1S/C18H18N2O/c1-14-13-20(18(14)16-7-3-2-4-8-16)17(21)10-9-15-6-5-11-19-12-15/h2-12,14,18H,13H2,1H3/b10-9+/t14-,18+/m0/s1. The molecule has 0 aliphatic carbocycles. The number of nitrogens with zero attached hydrogens (tertiary/aromatic N) is 2. The molecule has 106 valence electrons. The fourth-order valence-corrected chi connectivity index (χ4v) is 2.82. The van der Waals surface area contributed by atoms with E-state index in [0.717, 1.165) is 12.1 Å². The molecule has 1 aromatic heterocycles. The van der Waals surface area contributed by atoms with Crippen molar-refractivity contribution in [2.75, 3.05) is 6.54 Å². The van der Waals surface area contributed by atoms with Crippen LogP contribution in [0, 0.1) is 5.92 Å². The number of carbonyl (C=O) groups is 1. The summed E-state index contributed by atoms with van der Waals surface area (Å²) in [5, 5.41) is 0. The molecule has 1 aliphatic rings. The van der Waals surface area contributed by atoms with E-state index in [1.54, 1.807) is 18.5 Å². The third kappa shape index (κ3) is 2.87. The highest BCUT2D eigenvalue weighted by Gasteiger charge is 2.38. The number of carbonyl (C=O) groups excluding carboxylic acids is 1. The first kappa shape index (κ1) is 13.6. The molecule has 3 heteroatoms. The molecule has 1 aromatic carbocycles. The average molecular weight is 278 g/mol. The lowest BCUT2D eigenvalue weighted by Crippen LogP contribution is -2.50. The second-order valence-corrected chi connectivity index (χ2v) is 5.44. The second-order valence-electron chi connectivity index (χ2n) is 5.44. The van der Waals surface area contributed by atoms with Crippen LogP contribution in [0.1, 0.15) is 24.1 Å². The van der Waals surface area contributed by atoms with Crippen LogP contribution in [0.2, 0.25) is 0 Å². The minimum atomic E-state index is 0.0609. The molecule has 2 heterocycles. The molecule has 2 atom stereocenters. The van der Waals surface area contributed by atoms with E-state index < -0.39 is 0 Å². The van der Waals surface area contributed by atoms with Gasteiger partial charge in [-0.2, -0.15) is 0 Å². The first-order valence-corrected chi connectivity index (χ1v) is 7.19. The van der Waals surface area contributed by atoms with Crippen LogP contribution in [-0.4, -0.2) is 22.3 Å². The van der Waals surface area contributed by atoms with E-state index in [0.29, 0.717) is 5.92 Å². The quantitative estimate of drug-likeness (QED) is 0.807. The first-order chi connectivity index (χ1) is 10.3. The summed E-state index contributed by atoms with van der Waals surface area (Å²) in [6.07, 6.45) is 6.93. The molecule has 0 radical (unpaired) electrons. The van der Waals surface area contributed by atoms with Crippen LogP contribution >= 0.6 is 0 Å². The third-order valence-electron chi connectivity index (χ3n) is 3.89. The van der Waals surface area contributed by atoms with Crippen molar-refractivity contribution in [2.45, 2.75) is 13.0 Å². The van der Waals surface area contributed by atoms with Crippen LogP contribution in [-0.2, 0) is 4.79 Å². The van der Waals surface area contributed by atoms with E-state index in [2.05, 4.69) is 24.0 Å². The number of benzene rings is 1. The lowest BCUT2D eigenvalue weighted by atomic mass is 9.84. The van der Waals surface area contributed by atoms with Crippen LogP contribution in [0.4, 0.5) is 0 Å². The number of pyridine rings is 1. The highest BCUT2D eigenvalue weighted by molar-refractivity contribution is 5.92. The van der Waals surface area contributed by atoms with Crippen LogP contribution in [0.25, 0.3) is 6.08 Å². The molecule has 3 rings (SSSR count). The molecule has 21 heavy (non-hydrogen) atoms. The number of hydrogen-bond acceptors (Lipinski definition) is 2. The fraction of sp³-hybridized carbons (Fsp3) is 0.222. The van der Waals surface area contributed by atoms with Gasteiger partial charge in [-0.1, -0.05) is 43.3 Å².